The Morgan fingerprint density at radius 1 is 0.765 bits per heavy atom. The molecule has 1 aromatic heterocycles. The molecule has 0 spiro atoms. The van der Waals surface area contributed by atoms with E-state index in [4.69, 9.17) is 4.74 Å². The fourth-order valence-electron chi connectivity index (χ4n) is 3.73. The zero-order valence-corrected chi connectivity index (χ0v) is 18.7. The van der Waals surface area contributed by atoms with Gasteiger partial charge in [-0.05, 0) is 67.6 Å². The Hall–Kier alpha value is -4.64. The number of ether oxygens (including phenoxy) is 1. The number of nitrogens with one attached hydrogen (secondary N) is 2. The second kappa shape index (κ2) is 9.46. The Bertz CT molecular complexity index is 1470. The smallest absolute Gasteiger partial charge is 0.255 e. The maximum absolute atomic E-state index is 13.0. The van der Waals surface area contributed by atoms with E-state index in [1.165, 1.54) is 0 Å². The summed E-state index contributed by atoms with van der Waals surface area (Å²) in [5.74, 6) is 1.19. The van der Waals surface area contributed by atoms with Gasteiger partial charge in [-0.25, -0.2) is 0 Å². The summed E-state index contributed by atoms with van der Waals surface area (Å²) in [5, 5.41) is 7.42. The second-order valence-corrected chi connectivity index (χ2v) is 7.98. The summed E-state index contributed by atoms with van der Waals surface area (Å²) in [4.78, 5) is 17.4. The van der Waals surface area contributed by atoms with E-state index in [0.717, 1.165) is 33.6 Å². The van der Waals surface area contributed by atoms with Crippen LogP contribution in [0, 0.1) is 6.92 Å². The number of rotatable bonds is 6. The molecule has 0 saturated heterocycles. The lowest BCUT2D eigenvalue weighted by Crippen LogP contribution is -2.12. The maximum Gasteiger partial charge on any atom is 0.255 e. The summed E-state index contributed by atoms with van der Waals surface area (Å²) in [5.41, 5.74) is 5.05. The Kier molecular flexibility index (Phi) is 5.91. The van der Waals surface area contributed by atoms with E-state index in [1.54, 1.807) is 18.3 Å². The van der Waals surface area contributed by atoms with Crippen molar-refractivity contribution in [2.45, 2.75) is 6.92 Å². The lowest BCUT2D eigenvalue weighted by atomic mass is 10.1. The number of hydrogen-bond donors (Lipinski definition) is 2. The maximum atomic E-state index is 13.0. The third-order valence-corrected chi connectivity index (χ3v) is 5.37. The number of amides is 1. The van der Waals surface area contributed by atoms with Crippen molar-refractivity contribution >= 4 is 33.9 Å². The fraction of sp³-hybridized carbons (Fsp3) is 0.0345. The number of carbonyl (C=O) groups excluding carboxylic acids is 1. The van der Waals surface area contributed by atoms with E-state index >= 15 is 0 Å². The molecule has 5 rings (SSSR count). The Labute approximate surface area is 198 Å². The highest BCUT2D eigenvalue weighted by Crippen LogP contribution is 2.27. The number of anilines is 3. The molecule has 0 aliphatic carbocycles. The number of carbonyl (C=O) groups is 1. The van der Waals surface area contributed by atoms with Gasteiger partial charge in [0.2, 0.25) is 0 Å². The zero-order chi connectivity index (χ0) is 23.3. The molecule has 34 heavy (non-hydrogen) atoms. The summed E-state index contributed by atoms with van der Waals surface area (Å²) in [6.45, 7) is 2.06. The van der Waals surface area contributed by atoms with Gasteiger partial charge in [-0.3, -0.25) is 9.78 Å². The van der Waals surface area contributed by atoms with Crippen LogP contribution in [0.2, 0.25) is 0 Å². The van der Waals surface area contributed by atoms with Gasteiger partial charge in [0, 0.05) is 40.3 Å². The lowest BCUT2D eigenvalue weighted by molar-refractivity contribution is 0.102. The molecule has 0 atom stereocenters. The third-order valence-electron chi connectivity index (χ3n) is 5.37. The summed E-state index contributed by atoms with van der Waals surface area (Å²) in [6, 6.07) is 32.4. The van der Waals surface area contributed by atoms with Crippen LogP contribution in [0.3, 0.4) is 0 Å². The van der Waals surface area contributed by atoms with Gasteiger partial charge >= 0.3 is 0 Å². The van der Waals surface area contributed by atoms with E-state index in [0.29, 0.717) is 17.0 Å². The first-order valence-electron chi connectivity index (χ1n) is 11.0. The Morgan fingerprint density at radius 3 is 2.44 bits per heavy atom. The minimum Gasteiger partial charge on any atom is -0.457 e. The third kappa shape index (κ3) is 4.89. The molecule has 0 bridgehead atoms. The molecule has 2 N–H and O–H groups in total. The van der Waals surface area contributed by atoms with E-state index in [-0.39, 0.29) is 5.91 Å². The molecule has 1 amide bonds. The van der Waals surface area contributed by atoms with Crippen LogP contribution in [0.25, 0.3) is 10.9 Å². The van der Waals surface area contributed by atoms with Crippen molar-refractivity contribution in [2.75, 3.05) is 10.6 Å². The predicted octanol–water partition coefficient (Wildman–Crippen LogP) is 7.33. The molecule has 5 heteroatoms. The van der Waals surface area contributed by atoms with Crippen LogP contribution in [0.1, 0.15) is 15.9 Å². The quantitative estimate of drug-likeness (QED) is 0.287. The molecular weight excluding hydrogens is 422 g/mol. The van der Waals surface area contributed by atoms with E-state index in [1.807, 2.05) is 84.9 Å². The standard InChI is InChI=1S/C29H23N3O2/c1-20-13-14-27-26(17-20)28(15-16-30-27)31-22-8-5-7-21(18-22)29(33)32-23-9-6-12-25(19-23)34-24-10-3-2-4-11-24/h2-19H,1H3,(H,30,31)(H,32,33). The van der Waals surface area contributed by atoms with Crippen LogP contribution in [0.5, 0.6) is 11.5 Å². The van der Waals surface area contributed by atoms with Crippen LogP contribution >= 0.6 is 0 Å². The monoisotopic (exact) mass is 445 g/mol. The average molecular weight is 446 g/mol. The molecule has 4 aromatic carbocycles. The molecule has 0 aliphatic heterocycles. The lowest BCUT2D eigenvalue weighted by Gasteiger charge is -2.12. The van der Waals surface area contributed by atoms with Gasteiger partial charge < -0.3 is 15.4 Å². The molecular formula is C29H23N3O2. The summed E-state index contributed by atoms with van der Waals surface area (Å²) in [6.07, 6.45) is 1.78. The normalized spacial score (nSPS) is 10.6. The van der Waals surface area contributed by atoms with Gasteiger partial charge in [-0.2, -0.15) is 0 Å². The van der Waals surface area contributed by atoms with E-state index in [9.17, 15) is 4.79 Å². The number of benzene rings is 4. The highest BCUT2D eigenvalue weighted by atomic mass is 16.5. The van der Waals surface area contributed by atoms with Crippen molar-refractivity contribution in [3.05, 3.63) is 120 Å². The highest BCUT2D eigenvalue weighted by Gasteiger charge is 2.09. The number of pyridine rings is 1. The Morgan fingerprint density at radius 2 is 1.56 bits per heavy atom. The van der Waals surface area contributed by atoms with Crippen LogP contribution < -0.4 is 15.4 Å². The van der Waals surface area contributed by atoms with Crippen molar-refractivity contribution in [3.63, 3.8) is 0 Å². The van der Waals surface area contributed by atoms with Crippen molar-refractivity contribution < 1.29 is 9.53 Å². The molecule has 1 heterocycles. The first-order valence-corrected chi connectivity index (χ1v) is 11.0. The summed E-state index contributed by atoms with van der Waals surface area (Å²) < 4.78 is 5.87. The van der Waals surface area contributed by atoms with Gasteiger partial charge in [-0.1, -0.05) is 42.0 Å². The summed E-state index contributed by atoms with van der Waals surface area (Å²) >= 11 is 0. The number of fused-ring (bicyclic) bond motifs is 1. The van der Waals surface area contributed by atoms with Gasteiger partial charge in [0.1, 0.15) is 11.5 Å². The van der Waals surface area contributed by atoms with E-state index in [2.05, 4.69) is 28.6 Å². The SMILES string of the molecule is Cc1ccc2nccc(Nc3cccc(C(=O)Nc4cccc(Oc5ccccc5)c4)c3)c2c1. The van der Waals surface area contributed by atoms with Crippen LogP contribution in [-0.2, 0) is 0 Å². The van der Waals surface area contributed by atoms with Gasteiger partial charge in [0.25, 0.3) is 5.91 Å². The zero-order valence-electron chi connectivity index (χ0n) is 18.7. The summed E-state index contributed by atoms with van der Waals surface area (Å²) in [7, 11) is 0. The minimum atomic E-state index is -0.198. The van der Waals surface area contributed by atoms with Crippen LogP contribution in [0.4, 0.5) is 17.1 Å². The molecule has 0 radical (unpaired) electrons. The van der Waals surface area contributed by atoms with Crippen LogP contribution in [0.15, 0.2) is 109 Å². The topological polar surface area (TPSA) is 63.2 Å². The van der Waals surface area contributed by atoms with Crippen molar-refractivity contribution in [1.29, 1.82) is 0 Å². The van der Waals surface area contributed by atoms with Gasteiger partial charge in [0.05, 0.1) is 5.52 Å². The van der Waals surface area contributed by atoms with E-state index < -0.39 is 0 Å². The number of para-hydroxylation sites is 1. The number of aromatic nitrogens is 1. The molecule has 0 fully saturated rings. The molecule has 0 unspecified atom stereocenters. The van der Waals surface area contributed by atoms with Crippen molar-refractivity contribution in [2.24, 2.45) is 0 Å². The van der Waals surface area contributed by atoms with Crippen molar-refractivity contribution in [3.8, 4) is 11.5 Å². The molecule has 5 aromatic rings. The number of aryl methyl sites for hydroxylation is 1. The second-order valence-electron chi connectivity index (χ2n) is 7.98. The molecule has 166 valence electrons. The minimum absolute atomic E-state index is 0.198. The highest BCUT2D eigenvalue weighted by molar-refractivity contribution is 6.05. The fourth-order valence-corrected chi connectivity index (χ4v) is 3.73. The Balaban J connectivity index is 1.33. The first kappa shape index (κ1) is 21.2. The number of hydrogen-bond acceptors (Lipinski definition) is 4. The number of nitrogens with zero attached hydrogens (tertiary/aromatic N) is 1. The first-order chi connectivity index (χ1) is 16.6. The molecule has 0 saturated carbocycles. The predicted molar refractivity (Wildman–Crippen MR) is 137 cm³/mol. The largest absolute Gasteiger partial charge is 0.457 e. The van der Waals surface area contributed by atoms with Crippen LogP contribution in [-0.4, -0.2) is 10.9 Å². The molecule has 0 aliphatic rings. The van der Waals surface area contributed by atoms with Gasteiger partial charge in [-0.15, -0.1) is 0 Å². The molecule has 5 nitrogen and oxygen atoms in total. The van der Waals surface area contributed by atoms with Gasteiger partial charge in [0.15, 0.2) is 0 Å². The van der Waals surface area contributed by atoms with Crippen molar-refractivity contribution in [1.82, 2.24) is 4.98 Å². The average Bonchev–Trinajstić information content (AvgIpc) is 2.85.